The van der Waals surface area contributed by atoms with Crippen molar-refractivity contribution in [3.63, 3.8) is 0 Å². The van der Waals surface area contributed by atoms with E-state index in [1.807, 2.05) is 13.8 Å². The van der Waals surface area contributed by atoms with Crippen molar-refractivity contribution in [3.05, 3.63) is 22.7 Å². The Morgan fingerprint density at radius 1 is 1.45 bits per heavy atom. The van der Waals surface area contributed by atoms with E-state index < -0.39 is 0 Å². The van der Waals surface area contributed by atoms with Crippen molar-refractivity contribution >= 4 is 33.2 Å². The molecule has 20 heavy (non-hydrogen) atoms. The summed E-state index contributed by atoms with van der Waals surface area (Å²) in [5, 5.41) is 2.89. The third-order valence-electron chi connectivity index (χ3n) is 3.13. The van der Waals surface area contributed by atoms with E-state index in [2.05, 4.69) is 26.1 Å². The summed E-state index contributed by atoms with van der Waals surface area (Å²) in [6.45, 7) is 5.98. The minimum Gasteiger partial charge on any atom is -0.399 e. The normalized spacial score (nSPS) is 23.6. The molecule has 1 amide bonds. The number of rotatable bonds is 3. The van der Waals surface area contributed by atoms with Crippen molar-refractivity contribution in [1.29, 1.82) is 0 Å². The van der Waals surface area contributed by atoms with Gasteiger partial charge in [0.05, 0.1) is 24.4 Å². The highest BCUT2D eigenvalue weighted by Crippen LogP contribution is 2.24. The molecule has 0 aromatic heterocycles. The number of hydrogen-bond acceptors (Lipinski definition) is 4. The van der Waals surface area contributed by atoms with Gasteiger partial charge in [-0.15, -0.1) is 0 Å². The van der Waals surface area contributed by atoms with Gasteiger partial charge in [-0.3, -0.25) is 9.69 Å². The SMILES string of the molecule is CC1CN(CC(=O)Nc2ccc(N)cc2Br)CC(C)O1. The number of anilines is 2. The maximum Gasteiger partial charge on any atom is 0.238 e. The zero-order valence-corrected chi connectivity index (χ0v) is 13.3. The Bertz CT molecular complexity index is 485. The number of halogens is 1. The number of nitrogens with one attached hydrogen (secondary N) is 1. The van der Waals surface area contributed by atoms with Crippen LogP contribution in [0.5, 0.6) is 0 Å². The van der Waals surface area contributed by atoms with Crippen LogP contribution in [0.25, 0.3) is 0 Å². The fourth-order valence-electron chi connectivity index (χ4n) is 2.44. The average molecular weight is 342 g/mol. The van der Waals surface area contributed by atoms with Crippen LogP contribution in [-0.2, 0) is 9.53 Å². The summed E-state index contributed by atoms with van der Waals surface area (Å²) in [5.41, 5.74) is 7.07. The van der Waals surface area contributed by atoms with E-state index in [1.165, 1.54) is 0 Å². The predicted molar refractivity (Wildman–Crippen MR) is 83.6 cm³/mol. The van der Waals surface area contributed by atoms with Crippen molar-refractivity contribution in [2.75, 3.05) is 30.7 Å². The Labute approximate surface area is 127 Å². The van der Waals surface area contributed by atoms with Gasteiger partial charge in [-0.05, 0) is 48.0 Å². The van der Waals surface area contributed by atoms with Crippen LogP contribution in [-0.4, -0.2) is 42.6 Å². The van der Waals surface area contributed by atoms with Gasteiger partial charge in [0.2, 0.25) is 5.91 Å². The third-order valence-corrected chi connectivity index (χ3v) is 3.79. The average Bonchev–Trinajstić information content (AvgIpc) is 2.31. The first-order valence-corrected chi connectivity index (χ1v) is 7.46. The minimum absolute atomic E-state index is 0.0308. The summed E-state index contributed by atoms with van der Waals surface area (Å²) in [5.74, 6) is -0.0308. The molecule has 3 N–H and O–H groups in total. The van der Waals surface area contributed by atoms with Crippen LogP contribution in [0.2, 0.25) is 0 Å². The minimum atomic E-state index is -0.0308. The van der Waals surface area contributed by atoms with E-state index in [-0.39, 0.29) is 18.1 Å². The van der Waals surface area contributed by atoms with Gasteiger partial charge in [0.15, 0.2) is 0 Å². The van der Waals surface area contributed by atoms with Gasteiger partial charge >= 0.3 is 0 Å². The summed E-state index contributed by atoms with van der Waals surface area (Å²) in [4.78, 5) is 14.2. The standard InChI is InChI=1S/C14H20BrN3O2/c1-9-6-18(7-10(2)20-9)8-14(19)17-13-4-3-11(16)5-12(13)15/h3-5,9-10H,6-8,16H2,1-2H3,(H,17,19). The molecule has 110 valence electrons. The molecule has 2 unspecified atom stereocenters. The second-order valence-corrected chi connectivity index (χ2v) is 6.09. The molecule has 1 aliphatic heterocycles. The number of nitrogens with zero attached hydrogens (tertiary/aromatic N) is 1. The van der Waals surface area contributed by atoms with Crippen LogP contribution >= 0.6 is 15.9 Å². The first-order chi connectivity index (χ1) is 9.44. The molecule has 1 fully saturated rings. The fraction of sp³-hybridized carbons (Fsp3) is 0.500. The fourth-order valence-corrected chi connectivity index (χ4v) is 2.93. The Balaban J connectivity index is 1.92. The molecule has 1 aromatic rings. The molecule has 1 aliphatic rings. The maximum atomic E-state index is 12.1. The van der Waals surface area contributed by atoms with Gasteiger partial charge < -0.3 is 15.8 Å². The van der Waals surface area contributed by atoms with Crippen molar-refractivity contribution in [2.24, 2.45) is 0 Å². The lowest BCUT2D eigenvalue weighted by Gasteiger charge is -2.34. The quantitative estimate of drug-likeness (QED) is 0.826. The first-order valence-electron chi connectivity index (χ1n) is 6.66. The molecular weight excluding hydrogens is 322 g/mol. The van der Waals surface area contributed by atoms with Gasteiger partial charge in [-0.1, -0.05) is 0 Å². The van der Waals surface area contributed by atoms with Gasteiger partial charge in [0.1, 0.15) is 0 Å². The number of benzene rings is 1. The number of hydrogen-bond donors (Lipinski definition) is 2. The van der Waals surface area contributed by atoms with Crippen LogP contribution in [0.15, 0.2) is 22.7 Å². The van der Waals surface area contributed by atoms with Crippen molar-refractivity contribution in [2.45, 2.75) is 26.1 Å². The van der Waals surface area contributed by atoms with Crippen molar-refractivity contribution in [1.82, 2.24) is 4.90 Å². The highest BCUT2D eigenvalue weighted by atomic mass is 79.9. The molecule has 1 aromatic carbocycles. The number of carbonyl (C=O) groups is 1. The summed E-state index contributed by atoms with van der Waals surface area (Å²) in [6, 6.07) is 5.33. The highest BCUT2D eigenvalue weighted by Gasteiger charge is 2.23. The maximum absolute atomic E-state index is 12.1. The van der Waals surface area contributed by atoms with Gasteiger partial charge in [-0.2, -0.15) is 0 Å². The highest BCUT2D eigenvalue weighted by molar-refractivity contribution is 9.10. The van der Waals surface area contributed by atoms with Crippen LogP contribution in [0.4, 0.5) is 11.4 Å². The second-order valence-electron chi connectivity index (χ2n) is 5.24. The summed E-state index contributed by atoms with van der Waals surface area (Å²) in [6.07, 6.45) is 0.324. The lowest BCUT2D eigenvalue weighted by Crippen LogP contribution is -2.48. The topological polar surface area (TPSA) is 67.6 Å². The molecule has 2 atom stereocenters. The van der Waals surface area contributed by atoms with Crippen LogP contribution < -0.4 is 11.1 Å². The monoisotopic (exact) mass is 341 g/mol. The second kappa shape index (κ2) is 6.56. The molecule has 0 aliphatic carbocycles. The summed E-state index contributed by atoms with van der Waals surface area (Å²) < 4.78 is 6.44. The number of amides is 1. The van der Waals surface area contributed by atoms with E-state index in [1.54, 1.807) is 18.2 Å². The van der Waals surface area contributed by atoms with E-state index in [0.717, 1.165) is 23.2 Å². The molecule has 0 saturated carbocycles. The van der Waals surface area contributed by atoms with Gasteiger partial charge in [-0.25, -0.2) is 0 Å². The largest absolute Gasteiger partial charge is 0.399 e. The van der Waals surface area contributed by atoms with Crippen molar-refractivity contribution in [3.8, 4) is 0 Å². The Hall–Kier alpha value is -1.11. The number of ether oxygens (including phenoxy) is 1. The Morgan fingerprint density at radius 2 is 2.10 bits per heavy atom. The van der Waals surface area contributed by atoms with E-state index >= 15 is 0 Å². The smallest absolute Gasteiger partial charge is 0.238 e. The number of nitrogens with two attached hydrogens (primary N) is 1. The van der Waals surface area contributed by atoms with E-state index in [9.17, 15) is 4.79 Å². The predicted octanol–water partition coefficient (Wildman–Crippen LogP) is 2.08. The van der Waals surface area contributed by atoms with Gasteiger partial charge in [0, 0.05) is 23.2 Å². The first kappa shape index (κ1) is 15.3. The third kappa shape index (κ3) is 4.19. The van der Waals surface area contributed by atoms with E-state index in [0.29, 0.717) is 12.2 Å². The summed E-state index contributed by atoms with van der Waals surface area (Å²) in [7, 11) is 0. The Kier molecular flexibility index (Phi) is 5.01. The molecule has 6 heteroatoms. The lowest BCUT2D eigenvalue weighted by molar-refractivity contribution is -0.121. The number of morpholine rings is 1. The molecule has 0 spiro atoms. The molecule has 1 saturated heterocycles. The summed E-state index contributed by atoms with van der Waals surface area (Å²) >= 11 is 3.39. The van der Waals surface area contributed by atoms with E-state index in [4.69, 9.17) is 10.5 Å². The van der Waals surface area contributed by atoms with Gasteiger partial charge in [0.25, 0.3) is 0 Å². The zero-order valence-electron chi connectivity index (χ0n) is 11.7. The number of nitrogen functional groups attached to an aromatic ring is 1. The zero-order chi connectivity index (χ0) is 14.7. The molecule has 5 nitrogen and oxygen atoms in total. The lowest BCUT2D eigenvalue weighted by atomic mass is 10.2. The van der Waals surface area contributed by atoms with Crippen LogP contribution in [0, 0.1) is 0 Å². The molecule has 0 radical (unpaired) electrons. The molecule has 2 rings (SSSR count). The molecule has 0 bridgehead atoms. The van der Waals surface area contributed by atoms with Crippen LogP contribution in [0.3, 0.4) is 0 Å². The molecular formula is C14H20BrN3O2. The Morgan fingerprint density at radius 3 is 2.70 bits per heavy atom. The number of carbonyl (C=O) groups excluding carboxylic acids is 1. The van der Waals surface area contributed by atoms with Crippen molar-refractivity contribution < 1.29 is 9.53 Å². The van der Waals surface area contributed by atoms with Crippen LogP contribution in [0.1, 0.15) is 13.8 Å². The molecule has 1 heterocycles.